The third kappa shape index (κ3) is 3.74. The molecule has 1 aliphatic rings. The van der Waals surface area contributed by atoms with Crippen LogP contribution in [0, 0.1) is 12.3 Å². The highest BCUT2D eigenvalue weighted by molar-refractivity contribution is 5.83. The molecule has 0 radical (unpaired) electrons. The molecule has 1 aromatic rings. The molecule has 2 rings (SSSR count). The molecule has 1 heterocycles. The van der Waals surface area contributed by atoms with Gasteiger partial charge in [-0.1, -0.05) is 17.7 Å². The molecule has 116 valence electrons. The summed E-state index contributed by atoms with van der Waals surface area (Å²) in [6.45, 7) is 7.00. The zero-order valence-corrected chi connectivity index (χ0v) is 12.9. The summed E-state index contributed by atoms with van der Waals surface area (Å²) >= 11 is 0. The number of carbonyl (C=O) groups excluding carboxylic acids is 1. The summed E-state index contributed by atoms with van der Waals surface area (Å²) in [4.78, 5) is 12.3. The van der Waals surface area contributed by atoms with Crippen molar-refractivity contribution < 1.29 is 14.3 Å². The van der Waals surface area contributed by atoms with Crippen molar-refractivity contribution in [3.8, 4) is 5.75 Å². The van der Waals surface area contributed by atoms with Crippen LogP contribution in [0.3, 0.4) is 0 Å². The minimum atomic E-state index is -0.655. The van der Waals surface area contributed by atoms with Crippen LogP contribution >= 0.6 is 0 Å². The van der Waals surface area contributed by atoms with Crippen LogP contribution in [0.1, 0.15) is 19.4 Å². The molecule has 1 saturated heterocycles. The largest absolute Gasteiger partial charge is 0.491 e. The summed E-state index contributed by atoms with van der Waals surface area (Å²) in [7, 11) is 0. The topological polar surface area (TPSA) is 73.6 Å². The second kappa shape index (κ2) is 6.45. The van der Waals surface area contributed by atoms with Gasteiger partial charge in [-0.3, -0.25) is 4.79 Å². The summed E-state index contributed by atoms with van der Waals surface area (Å²) < 4.78 is 11.0. The third-order valence-electron chi connectivity index (χ3n) is 3.93. The number of benzene rings is 1. The van der Waals surface area contributed by atoms with E-state index in [1.807, 2.05) is 45.0 Å². The summed E-state index contributed by atoms with van der Waals surface area (Å²) in [5, 5.41) is 2.95. The summed E-state index contributed by atoms with van der Waals surface area (Å²) in [6.07, 6.45) is 0. The summed E-state index contributed by atoms with van der Waals surface area (Å²) in [5.41, 5.74) is 6.48. The Morgan fingerprint density at radius 3 is 2.76 bits per heavy atom. The Morgan fingerprint density at radius 1 is 1.52 bits per heavy atom. The monoisotopic (exact) mass is 292 g/mol. The zero-order chi connectivity index (χ0) is 15.5. The van der Waals surface area contributed by atoms with Gasteiger partial charge in [-0.15, -0.1) is 0 Å². The van der Waals surface area contributed by atoms with E-state index in [9.17, 15) is 4.79 Å². The first-order valence-corrected chi connectivity index (χ1v) is 7.25. The van der Waals surface area contributed by atoms with Crippen LogP contribution in [0.15, 0.2) is 24.3 Å². The molecule has 21 heavy (non-hydrogen) atoms. The van der Waals surface area contributed by atoms with Crippen molar-refractivity contribution >= 4 is 5.91 Å². The Kier molecular flexibility index (Phi) is 4.85. The van der Waals surface area contributed by atoms with Gasteiger partial charge in [-0.05, 0) is 32.9 Å². The van der Waals surface area contributed by atoms with Crippen molar-refractivity contribution in [2.45, 2.75) is 32.9 Å². The predicted molar refractivity (Wildman–Crippen MR) is 81.2 cm³/mol. The quantitative estimate of drug-likeness (QED) is 0.856. The molecule has 0 saturated carbocycles. The normalized spacial score (nSPS) is 26.4. The molecule has 1 aromatic carbocycles. The third-order valence-corrected chi connectivity index (χ3v) is 3.93. The molecular formula is C16H24N2O3. The van der Waals surface area contributed by atoms with Crippen LogP contribution < -0.4 is 15.8 Å². The van der Waals surface area contributed by atoms with Crippen LogP contribution in [-0.2, 0) is 9.53 Å². The number of nitrogens with two attached hydrogens (primary N) is 1. The second-order valence-corrected chi connectivity index (χ2v) is 6.04. The van der Waals surface area contributed by atoms with E-state index in [2.05, 4.69) is 5.32 Å². The van der Waals surface area contributed by atoms with E-state index in [1.165, 1.54) is 5.56 Å². The van der Waals surface area contributed by atoms with Gasteiger partial charge in [-0.2, -0.15) is 0 Å². The van der Waals surface area contributed by atoms with Crippen LogP contribution in [-0.4, -0.2) is 37.8 Å². The van der Waals surface area contributed by atoms with E-state index in [1.54, 1.807) is 0 Å². The molecular weight excluding hydrogens is 268 g/mol. The van der Waals surface area contributed by atoms with Gasteiger partial charge < -0.3 is 20.5 Å². The van der Waals surface area contributed by atoms with E-state index in [4.69, 9.17) is 15.2 Å². The number of nitrogens with one attached hydrogen (secondary N) is 1. The van der Waals surface area contributed by atoms with Gasteiger partial charge in [0.15, 0.2) is 0 Å². The van der Waals surface area contributed by atoms with Crippen molar-refractivity contribution in [2.75, 3.05) is 19.8 Å². The van der Waals surface area contributed by atoms with Crippen LogP contribution in [0.5, 0.6) is 5.75 Å². The van der Waals surface area contributed by atoms with E-state index < -0.39 is 5.41 Å². The Labute approximate surface area is 125 Å². The molecule has 1 aliphatic heterocycles. The highest BCUT2D eigenvalue weighted by Gasteiger charge is 2.44. The van der Waals surface area contributed by atoms with E-state index >= 15 is 0 Å². The minimum absolute atomic E-state index is 0.0764. The fourth-order valence-electron chi connectivity index (χ4n) is 2.21. The van der Waals surface area contributed by atoms with Gasteiger partial charge in [0.2, 0.25) is 5.91 Å². The SMILES string of the molecule is Cc1ccc(OCC(C)NC(=O)C2(C)COCC2N)cc1. The Morgan fingerprint density at radius 2 is 2.19 bits per heavy atom. The molecule has 0 spiro atoms. The van der Waals surface area contributed by atoms with Gasteiger partial charge in [-0.25, -0.2) is 0 Å². The van der Waals surface area contributed by atoms with Crippen molar-refractivity contribution in [3.63, 3.8) is 0 Å². The molecule has 0 aromatic heterocycles. The molecule has 1 fully saturated rings. The Hall–Kier alpha value is -1.59. The number of ether oxygens (including phenoxy) is 2. The van der Waals surface area contributed by atoms with E-state index in [0.29, 0.717) is 19.8 Å². The van der Waals surface area contributed by atoms with Crippen LogP contribution in [0.25, 0.3) is 0 Å². The molecule has 5 nitrogen and oxygen atoms in total. The Bertz CT molecular complexity index is 489. The number of aryl methyl sites for hydroxylation is 1. The van der Waals surface area contributed by atoms with Gasteiger partial charge in [0.05, 0.1) is 24.7 Å². The highest BCUT2D eigenvalue weighted by Crippen LogP contribution is 2.27. The van der Waals surface area contributed by atoms with Gasteiger partial charge >= 0.3 is 0 Å². The number of rotatable bonds is 5. The van der Waals surface area contributed by atoms with Crippen molar-refractivity contribution in [2.24, 2.45) is 11.1 Å². The smallest absolute Gasteiger partial charge is 0.230 e. The second-order valence-electron chi connectivity index (χ2n) is 6.04. The number of hydrogen-bond acceptors (Lipinski definition) is 4. The first-order valence-electron chi connectivity index (χ1n) is 7.25. The molecule has 1 amide bonds. The maximum absolute atomic E-state index is 12.3. The lowest BCUT2D eigenvalue weighted by atomic mass is 9.84. The Balaban J connectivity index is 1.83. The average Bonchev–Trinajstić information content (AvgIpc) is 2.79. The zero-order valence-electron chi connectivity index (χ0n) is 12.9. The fourth-order valence-corrected chi connectivity index (χ4v) is 2.21. The van der Waals surface area contributed by atoms with Crippen molar-refractivity contribution in [1.82, 2.24) is 5.32 Å². The lowest BCUT2D eigenvalue weighted by Crippen LogP contribution is -2.52. The fraction of sp³-hybridized carbons (Fsp3) is 0.562. The van der Waals surface area contributed by atoms with E-state index in [0.717, 1.165) is 5.75 Å². The average molecular weight is 292 g/mol. The maximum atomic E-state index is 12.3. The van der Waals surface area contributed by atoms with Gasteiger partial charge in [0.1, 0.15) is 12.4 Å². The first kappa shape index (κ1) is 15.8. The van der Waals surface area contributed by atoms with Gasteiger partial charge in [0.25, 0.3) is 0 Å². The maximum Gasteiger partial charge on any atom is 0.230 e. The molecule has 3 atom stereocenters. The van der Waals surface area contributed by atoms with Crippen molar-refractivity contribution in [3.05, 3.63) is 29.8 Å². The lowest BCUT2D eigenvalue weighted by Gasteiger charge is -2.27. The molecule has 3 unspecified atom stereocenters. The molecule has 3 N–H and O–H groups in total. The van der Waals surface area contributed by atoms with Crippen LogP contribution in [0.2, 0.25) is 0 Å². The van der Waals surface area contributed by atoms with E-state index in [-0.39, 0.29) is 18.0 Å². The lowest BCUT2D eigenvalue weighted by molar-refractivity contribution is -0.131. The highest BCUT2D eigenvalue weighted by atomic mass is 16.5. The first-order chi connectivity index (χ1) is 9.91. The standard InChI is InChI=1S/C16H24N2O3/c1-11-4-6-13(7-5-11)21-8-12(2)18-15(19)16(3)10-20-9-14(16)17/h4-7,12,14H,8-10,17H2,1-3H3,(H,18,19). The van der Waals surface area contributed by atoms with Gasteiger partial charge in [0, 0.05) is 6.04 Å². The predicted octanol–water partition coefficient (Wildman–Crippen LogP) is 1.24. The minimum Gasteiger partial charge on any atom is -0.491 e. The summed E-state index contributed by atoms with van der Waals surface area (Å²) in [5.74, 6) is 0.723. The van der Waals surface area contributed by atoms with Crippen LogP contribution in [0.4, 0.5) is 0 Å². The summed E-state index contributed by atoms with van der Waals surface area (Å²) in [6, 6.07) is 7.48. The molecule has 0 aliphatic carbocycles. The number of hydrogen-bond donors (Lipinski definition) is 2. The van der Waals surface area contributed by atoms with Crippen molar-refractivity contribution in [1.29, 1.82) is 0 Å². The number of amides is 1. The molecule has 5 heteroatoms. The molecule has 0 bridgehead atoms. The number of carbonyl (C=O) groups is 1.